The molecule has 0 aliphatic carbocycles. The average molecular weight is 504 g/mol. The number of hydrogen-bond acceptors (Lipinski definition) is 6. The van der Waals surface area contributed by atoms with Crippen LogP contribution in [0.15, 0.2) is 35.7 Å². The lowest BCUT2D eigenvalue weighted by Crippen LogP contribution is -2.15. The van der Waals surface area contributed by atoms with E-state index in [0.717, 1.165) is 17.4 Å². The van der Waals surface area contributed by atoms with Crippen LogP contribution in [0.25, 0.3) is 16.9 Å². The zero-order chi connectivity index (χ0) is 23.9. The third-order valence-corrected chi connectivity index (χ3v) is 5.37. The molecular formula is C19H11ClF5N5O2S. The van der Waals surface area contributed by atoms with Crippen LogP contribution in [-0.2, 0) is 6.18 Å². The molecule has 0 atom stereocenters. The van der Waals surface area contributed by atoms with E-state index in [2.05, 4.69) is 25.1 Å². The second-order valence-corrected chi connectivity index (χ2v) is 7.81. The molecule has 0 saturated carbocycles. The maximum absolute atomic E-state index is 13.4. The van der Waals surface area contributed by atoms with Gasteiger partial charge in [0, 0.05) is 16.6 Å². The van der Waals surface area contributed by atoms with Crippen molar-refractivity contribution >= 4 is 39.6 Å². The maximum atomic E-state index is 13.4. The third kappa shape index (κ3) is 4.73. The third-order valence-electron chi connectivity index (χ3n) is 4.27. The summed E-state index contributed by atoms with van der Waals surface area (Å²) in [7, 11) is 0. The minimum Gasteiger partial charge on any atom is -0.435 e. The molecule has 1 aromatic carbocycles. The monoisotopic (exact) mass is 503 g/mol. The van der Waals surface area contributed by atoms with Crippen LogP contribution >= 0.6 is 22.9 Å². The van der Waals surface area contributed by atoms with Crippen LogP contribution in [0.3, 0.4) is 0 Å². The van der Waals surface area contributed by atoms with Crippen molar-refractivity contribution in [2.24, 2.45) is 0 Å². The lowest BCUT2D eigenvalue weighted by Gasteiger charge is -2.09. The number of hydrogen-bond donors (Lipinski definition) is 1. The van der Waals surface area contributed by atoms with E-state index in [4.69, 9.17) is 11.6 Å². The van der Waals surface area contributed by atoms with Gasteiger partial charge in [-0.25, -0.2) is 14.5 Å². The number of aromatic nitrogens is 4. The molecule has 7 nitrogen and oxygen atoms in total. The largest absolute Gasteiger partial charge is 0.435 e. The van der Waals surface area contributed by atoms with Crippen molar-refractivity contribution in [2.45, 2.75) is 19.7 Å². The molecule has 1 N–H and O–H groups in total. The van der Waals surface area contributed by atoms with E-state index in [-0.39, 0.29) is 27.2 Å². The summed E-state index contributed by atoms with van der Waals surface area (Å²) >= 11 is 7.15. The van der Waals surface area contributed by atoms with Gasteiger partial charge in [-0.1, -0.05) is 11.6 Å². The van der Waals surface area contributed by atoms with Crippen molar-refractivity contribution in [3.8, 4) is 17.0 Å². The Morgan fingerprint density at radius 2 is 1.91 bits per heavy atom. The highest BCUT2D eigenvalue weighted by Gasteiger charge is 2.36. The van der Waals surface area contributed by atoms with E-state index >= 15 is 0 Å². The number of benzene rings is 1. The fraction of sp³-hybridized carbons (Fsp3) is 0.158. The van der Waals surface area contributed by atoms with Crippen LogP contribution in [0.4, 0.5) is 27.1 Å². The average Bonchev–Trinajstić information content (AvgIpc) is 3.32. The van der Waals surface area contributed by atoms with Crippen LogP contribution < -0.4 is 10.1 Å². The van der Waals surface area contributed by atoms with E-state index in [0.29, 0.717) is 15.8 Å². The van der Waals surface area contributed by atoms with Gasteiger partial charge in [-0.05, 0) is 37.3 Å². The van der Waals surface area contributed by atoms with Crippen LogP contribution in [-0.4, -0.2) is 32.1 Å². The number of halogens is 6. The molecular weight excluding hydrogens is 493 g/mol. The topological polar surface area (TPSA) is 81.4 Å². The molecule has 0 unspecified atom stereocenters. The Morgan fingerprint density at radius 3 is 2.55 bits per heavy atom. The first-order chi connectivity index (χ1) is 15.5. The van der Waals surface area contributed by atoms with Gasteiger partial charge in [0.1, 0.15) is 16.5 Å². The summed E-state index contributed by atoms with van der Waals surface area (Å²) in [4.78, 5) is 20.8. The first kappa shape index (κ1) is 22.9. The SMILES string of the molecule is Cc1cc(C(F)(F)F)n2nc(C(=O)Nc3nc(-c4ccc(OC(F)F)cc4)cs3)c(Cl)c2n1. The highest BCUT2D eigenvalue weighted by molar-refractivity contribution is 7.14. The van der Waals surface area contributed by atoms with Gasteiger partial charge in [0.15, 0.2) is 16.5 Å². The van der Waals surface area contributed by atoms with Gasteiger partial charge < -0.3 is 4.74 Å². The molecule has 0 spiro atoms. The van der Waals surface area contributed by atoms with E-state index < -0.39 is 30.1 Å². The van der Waals surface area contributed by atoms with Crippen molar-refractivity contribution in [1.82, 2.24) is 19.6 Å². The number of alkyl halides is 5. The molecule has 0 saturated heterocycles. The van der Waals surface area contributed by atoms with Gasteiger partial charge >= 0.3 is 12.8 Å². The van der Waals surface area contributed by atoms with Gasteiger partial charge in [0.25, 0.3) is 5.91 Å². The Morgan fingerprint density at radius 1 is 1.21 bits per heavy atom. The summed E-state index contributed by atoms with van der Waals surface area (Å²) < 4.78 is 69.3. The molecule has 3 aromatic heterocycles. The van der Waals surface area contributed by atoms with Crippen LogP contribution in [0.5, 0.6) is 5.75 Å². The molecule has 0 fully saturated rings. The Kier molecular flexibility index (Phi) is 5.93. The highest BCUT2D eigenvalue weighted by Crippen LogP contribution is 2.33. The zero-order valence-corrected chi connectivity index (χ0v) is 17.9. The van der Waals surface area contributed by atoms with Crippen molar-refractivity contribution in [3.63, 3.8) is 0 Å². The number of thiazole rings is 1. The summed E-state index contributed by atoms with van der Waals surface area (Å²) in [5.74, 6) is -0.904. The molecule has 4 rings (SSSR count). The van der Waals surface area contributed by atoms with Crippen LogP contribution in [0.2, 0.25) is 5.02 Å². The van der Waals surface area contributed by atoms with Gasteiger partial charge in [-0.15, -0.1) is 11.3 Å². The summed E-state index contributed by atoms with van der Waals surface area (Å²) in [6, 6.07) is 6.47. The van der Waals surface area contributed by atoms with Crippen molar-refractivity contribution in [2.75, 3.05) is 5.32 Å². The minimum absolute atomic E-state index is 0.0268. The standard InChI is InChI=1S/C19H11ClF5N5O2S/c1-8-6-12(19(23,24)25)30-15(26-8)13(20)14(29-30)16(31)28-18-27-11(7-33-18)9-2-4-10(5-3-9)32-17(21)22/h2-7,17H,1H3,(H,27,28,31). The van der Waals surface area contributed by atoms with E-state index in [1.807, 2.05) is 0 Å². The Hall–Kier alpha value is -3.32. The predicted molar refractivity (Wildman–Crippen MR) is 110 cm³/mol. The number of carbonyl (C=O) groups is 1. The summed E-state index contributed by atoms with van der Waals surface area (Å²) in [6.45, 7) is -1.59. The number of anilines is 1. The second kappa shape index (κ2) is 8.56. The zero-order valence-electron chi connectivity index (χ0n) is 16.3. The number of aryl methyl sites for hydroxylation is 1. The molecule has 3 heterocycles. The first-order valence-electron chi connectivity index (χ1n) is 8.98. The molecule has 172 valence electrons. The van der Waals surface area contributed by atoms with Gasteiger partial charge in [0.05, 0.1) is 5.69 Å². The quantitative estimate of drug-likeness (QED) is 0.354. The molecule has 4 aromatic rings. The Balaban J connectivity index is 1.58. The molecule has 1 amide bonds. The van der Waals surface area contributed by atoms with Gasteiger partial charge in [-0.2, -0.15) is 27.1 Å². The summed E-state index contributed by atoms with van der Waals surface area (Å²) in [5, 5.41) is 7.52. The van der Waals surface area contributed by atoms with E-state index in [1.165, 1.54) is 31.2 Å². The number of nitrogens with zero attached hydrogens (tertiary/aromatic N) is 4. The molecule has 0 radical (unpaired) electrons. The van der Waals surface area contributed by atoms with Gasteiger partial charge in [0.2, 0.25) is 0 Å². The lowest BCUT2D eigenvalue weighted by molar-refractivity contribution is -0.142. The first-order valence-corrected chi connectivity index (χ1v) is 10.2. The predicted octanol–water partition coefficient (Wildman–Crippen LogP) is 5.69. The smallest absolute Gasteiger partial charge is 0.433 e. The second-order valence-electron chi connectivity index (χ2n) is 6.57. The molecule has 0 bridgehead atoms. The number of nitrogens with one attached hydrogen (secondary N) is 1. The number of amides is 1. The summed E-state index contributed by atoms with van der Waals surface area (Å²) in [6.07, 6.45) is -4.74. The molecule has 0 aliphatic heterocycles. The van der Waals surface area contributed by atoms with Crippen molar-refractivity contribution < 1.29 is 31.5 Å². The maximum Gasteiger partial charge on any atom is 0.433 e. The number of fused-ring (bicyclic) bond motifs is 1. The minimum atomic E-state index is -4.74. The Bertz CT molecular complexity index is 1340. The fourth-order valence-corrected chi connectivity index (χ4v) is 3.85. The fourth-order valence-electron chi connectivity index (χ4n) is 2.89. The van der Waals surface area contributed by atoms with Crippen molar-refractivity contribution in [1.29, 1.82) is 0 Å². The summed E-state index contributed by atoms with van der Waals surface area (Å²) in [5.41, 5.74) is -0.837. The van der Waals surface area contributed by atoms with E-state index in [9.17, 15) is 26.7 Å². The normalized spacial score (nSPS) is 11.9. The molecule has 33 heavy (non-hydrogen) atoms. The van der Waals surface area contributed by atoms with Gasteiger partial charge in [-0.3, -0.25) is 10.1 Å². The van der Waals surface area contributed by atoms with Crippen LogP contribution in [0.1, 0.15) is 21.9 Å². The lowest BCUT2D eigenvalue weighted by atomic mass is 10.2. The van der Waals surface area contributed by atoms with Crippen LogP contribution in [0, 0.1) is 6.92 Å². The highest BCUT2D eigenvalue weighted by atomic mass is 35.5. The number of ether oxygens (including phenoxy) is 1. The Labute approximate surface area is 190 Å². The number of rotatable bonds is 5. The number of carbonyl (C=O) groups excluding carboxylic acids is 1. The molecule has 0 aliphatic rings. The van der Waals surface area contributed by atoms with E-state index in [1.54, 1.807) is 5.38 Å². The van der Waals surface area contributed by atoms with Crippen molar-refractivity contribution in [3.05, 3.63) is 57.8 Å². The molecule has 14 heteroatoms.